The third-order valence-electron chi connectivity index (χ3n) is 2.71. The first-order valence-corrected chi connectivity index (χ1v) is 6.89. The zero-order chi connectivity index (χ0) is 16.8. The zero-order valence-electron chi connectivity index (χ0n) is 13.0. The van der Waals surface area contributed by atoms with Gasteiger partial charge in [0.15, 0.2) is 5.78 Å². The molecule has 0 aliphatic heterocycles. The van der Waals surface area contributed by atoms with Gasteiger partial charge < -0.3 is 10.4 Å². The second kappa shape index (κ2) is 9.39. The normalized spacial score (nSPS) is 10.5. The van der Waals surface area contributed by atoms with Crippen LogP contribution in [0.25, 0.3) is 0 Å². The Bertz CT molecular complexity index is 783. The summed E-state index contributed by atoms with van der Waals surface area (Å²) in [5.74, 6) is -1.14. The average molecular weight is 355 g/mol. The van der Waals surface area contributed by atoms with E-state index in [1.807, 2.05) is 0 Å². The number of carbonyl (C=O) groups excluding carboxylic acids is 2. The van der Waals surface area contributed by atoms with E-state index in [1.54, 1.807) is 18.2 Å². The van der Waals surface area contributed by atoms with Crippen LogP contribution in [0.3, 0.4) is 0 Å². The van der Waals surface area contributed by atoms with Crippen molar-refractivity contribution in [2.24, 2.45) is 5.10 Å². The number of aromatic nitrogens is 1. The van der Waals surface area contributed by atoms with Gasteiger partial charge in [-0.25, -0.2) is 10.2 Å². The van der Waals surface area contributed by atoms with E-state index >= 15 is 0 Å². The van der Waals surface area contributed by atoms with E-state index in [1.165, 1.54) is 31.3 Å². The van der Waals surface area contributed by atoms with Crippen LogP contribution in [0.4, 0.5) is 10.5 Å². The van der Waals surface area contributed by atoms with Crippen molar-refractivity contribution in [3.63, 3.8) is 0 Å². The summed E-state index contributed by atoms with van der Waals surface area (Å²) in [7, 11) is 0. The summed E-state index contributed by atoms with van der Waals surface area (Å²) in [6.07, 6.45) is 1.40. The number of amides is 2. The second-order valence-electron chi connectivity index (χ2n) is 4.45. The van der Waals surface area contributed by atoms with Gasteiger partial charge in [-0.15, -0.1) is 0 Å². The Morgan fingerprint density at radius 3 is 2.67 bits per heavy atom. The number of carbonyl (C=O) groups is 2. The third-order valence-corrected chi connectivity index (χ3v) is 2.95. The predicted octanol–water partition coefficient (Wildman–Crippen LogP) is -1.21. The van der Waals surface area contributed by atoms with Crippen molar-refractivity contribution in [1.29, 1.82) is 0 Å². The number of benzene rings is 1. The van der Waals surface area contributed by atoms with Gasteiger partial charge in [0.25, 0.3) is 0 Å². The maximum absolute atomic E-state index is 12.0. The van der Waals surface area contributed by atoms with Crippen LogP contribution in [0.1, 0.15) is 23.0 Å². The molecule has 0 saturated carbocycles. The number of hydrazone groups is 1. The van der Waals surface area contributed by atoms with E-state index in [2.05, 4.69) is 20.8 Å². The van der Waals surface area contributed by atoms with Gasteiger partial charge in [-0.05, 0) is 24.3 Å². The van der Waals surface area contributed by atoms with E-state index in [0.29, 0.717) is 10.7 Å². The molecule has 1 heterocycles. The minimum Gasteiger partial charge on any atom is -0.857 e. The number of anilines is 1. The van der Waals surface area contributed by atoms with Crippen molar-refractivity contribution < 1.29 is 44.3 Å². The number of ketones is 1. The molecular formula is C15H12ClN4NaO3. The maximum Gasteiger partial charge on any atom is 1.00 e. The smallest absolute Gasteiger partial charge is 0.857 e. The molecule has 0 radical (unpaired) electrons. The number of hydrogen-bond acceptors (Lipinski definition) is 5. The fraction of sp³-hybridized carbons (Fsp3) is 0.0667. The summed E-state index contributed by atoms with van der Waals surface area (Å²) in [6, 6.07) is 8.68. The Hall–Kier alpha value is -1.93. The molecule has 0 fully saturated rings. The number of pyridine rings is 1. The summed E-state index contributed by atoms with van der Waals surface area (Å²) in [5, 5.41) is 18.3. The summed E-state index contributed by atoms with van der Waals surface area (Å²) < 4.78 is 0. The number of Topliss-reactive ketones (excluding diaryl/α,β-unsaturated/α-hetero) is 1. The van der Waals surface area contributed by atoms with Crippen molar-refractivity contribution in [2.75, 3.05) is 5.32 Å². The summed E-state index contributed by atoms with van der Waals surface area (Å²) in [5.41, 5.74) is 2.52. The molecule has 0 aliphatic carbocycles. The van der Waals surface area contributed by atoms with Crippen molar-refractivity contribution >= 4 is 35.0 Å². The Morgan fingerprint density at radius 1 is 1.25 bits per heavy atom. The molecule has 7 nitrogen and oxygen atoms in total. The van der Waals surface area contributed by atoms with Gasteiger partial charge in [-0.2, -0.15) is 5.10 Å². The predicted molar refractivity (Wildman–Crippen MR) is 84.4 cm³/mol. The molecule has 0 atom stereocenters. The van der Waals surface area contributed by atoms with Crippen LogP contribution in [0.5, 0.6) is 0 Å². The van der Waals surface area contributed by atoms with E-state index in [0.717, 1.165) is 0 Å². The molecule has 2 N–H and O–H groups in total. The second-order valence-corrected chi connectivity index (χ2v) is 4.89. The van der Waals surface area contributed by atoms with E-state index in [4.69, 9.17) is 11.6 Å². The first-order valence-electron chi connectivity index (χ1n) is 6.51. The minimum atomic E-state index is -0.774. The van der Waals surface area contributed by atoms with Crippen molar-refractivity contribution in [2.45, 2.75) is 6.92 Å². The van der Waals surface area contributed by atoms with Crippen LogP contribution in [0.15, 0.2) is 47.7 Å². The Morgan fingerprint density at radius 2 is 2.00 bits per heavy atom. The van der Waals surface area contributed by atoms with Crippen LogP contribution in [-0.2, 0) is 0 Å². The van der Waals surface area contributed by atoms with Gasteiger partial charge in [0, 0.05) is 35.3 Å². The molecule has 0 spiro atoms. The summed E-state index contributed by atoms with van der Waals surface area (Å²) >= 11 is 5.79. The van der Waals surface area contributed by atoms with Gasteiger partial charge in [-0.3, -0.25) is 9.78 Å². The molecule has 0 bridgehead atoms. The molecule has 118 valence electrons. The minimum absolute atomic E-state index is 0. The van der Waals surface area contributed by atoms with Crippen molar-refractivity contribution in [3.05, 3.63) is 58.9 Å². The topological polar surface area (TPSA) is 107 Å². The zero-order valence-corrected chi connectivity index (χ0v) is 15.8. The standard InChI is InChI=1S/C15H13ClN4O3.Na/c1-9(21)13-12(6-3-7-17-13)14(22)19-20-15(23)18-11-5-2-4-10(16)8-11;/h2-8H,1H3,(H,19,22)(H2,18,20,23);/q;+1/p-1. The summed E-state index contributed by atoms with van der Waals surface area (Å²) in [6.45, 7) is 1.29. The molecule has 9 heteroatoms. The van der Waals surface area contributed by atoms with Crippen molar-refractivity contribution in [3.8, 4) is 0 Å². The molecule has 1 aromatic heterocycles. The maximum atomic E-state index is 12.0. The Labute approximate surface area is 165 Å². The van der Waals surface area contributed by atoms with Crippen LogP contribution >= 0.6 is 11.6 Å². The van der Waals surface area contributed by atoms with Crippen molar-refractivity contribution in [1.82, 2.24) is 10.4 Å². The number of halogens is 1. The number of nitrogens with zero attached hydrogens (tertiary/aromatic N) is 2. The summed E-state index contributed by atoms with van der Waals surface area (Å²) in [4.78, 5) is 26.9. The van der Waals surface area contributed by atoms with Crippen LogP contribution < -0.4 is 45.4 Å². The monoisotopic (exact) mass is 354 g/mol. The number of rotatable bonds is 4. The largest absolute Gasteiger partial charge is 1.00 e. The van der Waals surface area contributed by atoms with Crippen LogP contribution in [-0.4, -0.2) is 22.7 Å². The van der Waals surface area contributed by atoms with E-state index in [9.17, 15) is 14.7 Å². The van der Waals surface area contributed by atoms with Gasteiger partial charge in [0.2, 0.25) is 0 Å². The fourth-order valence-electron chi connectivity index (χ4n) is 1.75. The SMILES string of the molecule is CC(=O)c1ncccc1C([O-])=NNC(=O)Nc1cccc(Cl)c1.[Na+]. The molecule has 0 aliphatic rings. The quantitative estimate of drug-likeness (QED) is 0.236. The molecule has 24 heavy (non-hydrogen) atoms. The first kappa shape index (κ1) is 20.1. The molecule has 1 aromatic carbocycles. The molecule has 0 unspecified atom stereocenters. The fourth-order valence-corrected chi connectivity index (χ4v) is 1.94. The number of nitrogens with one attached hydrogen (secondary N) is 2. The number of hydrogen-bond donors (Lipinski definition) is 2. The van der Waals surface area contributed by atoms with E-state index in [-0.39, 0.29) is 46.6 Å². The van der Waals surface area contributed by atoms with Crippen LogP contribution in [0, 0.1) is 0 Å². The van der Waals surface area contributed by atoms with Crippen LogP contribution in [0.2, 0.25) is 5.02 Å². The van der Waals surface area contributed by atoms with Gasteiger partial charge in [-0.1, -0.05) is 23.7 Å². The Kier molecular flexibility index (Phi) is 7.87. The first-order chi connectivity index (χ1) is 11.0. The number of urea groups is 1. The molecule has 2 aromatic rings. The van der Waals surface area contributed by atoms with Gasteiger partial charge in [0.1, 0.15) is 5.69 Å². The molecular weight excluding hydrogens is 343 g/mol. The van der Waals surface area contributed by atoms with E-state index < -0.39 is 11.9 Å². The molecule has 2 rings (SSSR count). The van der Waals surface area contributed by atoms with Gasteiger partial charge >= 0.3 is 35.6 Å². The molecule has 2 amide bonds. The van der Waals surface area contributed by atoms with Gasteiger partial charge in [0.05, 0.1) is 0 Å². The molecule has 0 saturated heterocycles. The third kappa shape index (κ3) is 5.61. The average Bonchev–Trinajstić information content (AvgIpc) is 2.52. The Balaban J connectivity index is 0.00000288.